The number of nitrogens with two attached hydrogens (primary N) is 1. The summed E-state index contributed by atoms with van der Waals surface area (Å²) in [5.74, 6) is -0.186. The lowest BCUT2D eigenvalue weighted by Gasteiger charge is -2.07. The summed E-state index contributed by atoms with van der Waals surface area (Å²) in [7, 11) is -3.61. The van der Waals surface area contributed by atoms with Gasteiger partial charge in [-0.3, -0.25) is 4.79 Å². The second-order valence-electron chi connectivity index (χ2n) is 4.94. The third-order valence-electron chi connectivity index (χ3n) is 3.14. The van der Waals surface area contributed by atoms with Crippen molar-refractivity contribution >= 4 is 27.7 Å². The summed E-state index contributed by atoms with van der Waals surface area (Å²) in [5, 5.41) is 0. The molecule has 2 aromatic rings. The molecule has 0 radical (unpaired) electrons. The van der Waals surface area contributed by atoms with Crippen LogP contribution >= 0.6 is 11.8 Å². The molecule has 2 rings (SSSR count). The van der Waals surface area contributed by atoms with Gasteiger partial charge in [0.05, 0.1) is 4.90 Å². The highest BCUT2D eigenvalue weighted by atomic mass is 32.2. The Labute approximate surface area is 144 Å². The number of sulfonamides is 1. The number of amides is 1. The van der Waals surface area contributed by atoms with Gasteiger partial charge in [-0.15, -0.1) is 11.8 Å². The molecule has 0 unspecified atom stereocenters. The molecule has 24 heavy (non-hydrogen) atoms. The van der Waals surface area contributed by atoms with Gasteiger partial charge in [0, 0.05) is 17.0 Å². The van der Waals surface area contributed by atoms with E-state index in [2.05, 4.69) is 4.72 Å². The molecular weight excluding hydrogens is 351 g/mol. The first-order valence-electron chi connectivity index (χ1n) is 7.16. The van der Waals surface area contributed by atoms with Crippen molar-refractivity contribution in [1.29, 1.82) is 0 Å². The van der Waals surface area contributed by atoms with Crippen molar-refractivity contribution in [2.75, 3.05) is 12.3 Å². The number of nitrogens with one attached hydrogen (secondary N) is 1. The molecule has 2 aromatic carbocycles. The van der Waals surface area contributed by atoms with Crippen molar-refractivity contribution in [3.05, 3.63) is 59.9 Å². The molecule has 128 valence electrons. The Hall–Kier alpha value is -1.90. The van der Waals surface area contributed by atoms with Gasteiger partial charge in [-0.2, -0.15) is 0 Å². The molecule has 0 fully saturated rings. The van der Waals surface area contributed by atoms with Crippen LogP contribution in [0.2, 0.25) is 0 Å². The van der Waals surface area contributed by atoms with Gasteiger partial charge in [0.2, 0.25) is 15.9 Å². The molecule has 0 aliphatic rings. The molecular formula is C16H17FN2O3S2. The van der Waals surface area contributed by atoms with E-state index in [9.17, 15) is 17.6 Å². The maximum Gasteiger partial charge on any atom is 0.248 e. The minimum Gasteiger partial charge on any atom is -0.366 e. The van der Waals surface area contributed by atoms with Crippen molar-refractivity contribution in [3.8, 4) is 0 Å². The predicted octanol–water partition coefficient (Wildman–Crippen LogP) is 2.39. The largest absolute Gasteiger partial charge is 0.366 e. The van der Waals surface area contributed by atoms with Crippen LogP contribution in [0.3, 0.4) is 0 Å². The quantitative estimate of drug-likeness (QED) is 0.553. The molecule has 0 saturated heterocycles. The van der Waals surface area contributed by atoms with Crippen LogP contribution in [0, 0.1) is 5.82 Å². The van der Waals surface area contributed by atoms with Crippen LogP contribution in [0.25, 0.3) is 0 Å². The second kappa shape index (κ2) is 8.27. The van der Waals surface area contributed by atoms with Gasteiger partial charge in [0.1, 0.15) is 5.82 Å². The molecule has 3 N–H and O–H groups in total. The molecule has 0 heterocycles. The average Bonchev–Trinajstić information content (AvgIpc) is 2.56. The highest BCUT2D eigenvalue weighted by molar-refractivity contribution is 7.99. The Morgan fingerprint density at radius 3 is 2.29 bits per heavy atom. The third-order valence-corrected chi connectivity index (χ3v) is 5.72. The van der Waals surface area contributed by atoms with Crippen molar-refractivity contribution in [2.45, 2.75) is 16.2 Å². The molecule has 0 aliphatic carbocycles. The van der Waals surface area contributed by atoms with Gasteiger partial charge in [-0.05, 0) is 60.7 Å². The zero-order valence-corrected chi connectivity index (χ0v) is 14.4. The topological polar surface area (TPSA) is 89.3 Å². The monoisotopic (exact) mass is 368 g/mol. The summed E-state index contributed by atoms with van der Waals surface area (Å²) in [4.78, 5) is 12.0. The smallest absolute Gasteiger partial charge is 0.248 e. The van der Waals surface area contributed by atoms with Gasteiger partial charge in [-0.25, -0.2) is 17.5 Å². The molecule has 1 amide bonds. The van der Waals surface area contributed by atoms with E-state index in [0.717, 1.165) is 4.90 Å². The predicted molar refractivity (Wildman–Crippen MR) is 91.9 cm³/mol. The molecule has 0 spiro atoms. The fourth-order valence-electron chi connectivity index (χ4n) is 1.88. The summed E-state index contributed by atoms with van der Waals surface area (Å²) in [6, 6.07) is 11.6. The normalized spacial score (nSPS) is 11.4. The highest BCUT2D eigenvalue weighted by Gasteiger charge is 2.13. The standard InChI is InChI=1S/C16H17FN2O3S2/c17-13-4-6-14(7-5-13)23-11-1-10-19-24(21,22)15-8-2-12(3-9-15)16(18)20/h2-9,19H,1,10-11H2,(H2,18,20). The molecule has 0 aromatic heterocycles. The number of thioether (sulfide) groups is 1. The minimum absolute atomic E-state index is 0.0821. The van der Waals surface area contributed by atoms with Gasteiger partial charge >= 0.3 is 0 Å². The van der Waals surface area contributed by atoms with E-state index in [0.29, 0.717) is 12.2 Å². The molecule has 0 atom stereocenters. The minimum atomic E-state index is -3.61. The first-order valence-corrected chi connectivity index (χ1v) is 9.63. The number of halogens is 1. The Morgan fingerprint density at radius 1 is 1.08 bits per heavy atom. The van der Waals surface area contributed by atoms with E-state index >= 15 is 0 Å². The van der Waals surface area contributed by atoms with Crippen LogP contribution in [0.4, 0.5) is 4.39 Å². The van der Waals surface area contributed by atoms with Crippen molar-refractivity contribution in [1.82, 2.24) is 4.72 Å². The first kappa shape index (κ1) is 18.4. The number of primary amides is 1. The Morgan fingerprint density at radius 2 is 1.71 bits per heavy atom. The number of carbonyl (C=O) groups excluding carboxylic acids is 1. The van der Waals surface area contributed by atoms with E-state index in [-0.39, 0.29) is 22.8 Å². The fraction of sp³-hybridized carbons (Fsp3) is 0.188. The number of hydrogen-bond acceptors (Lipinski definition) is 4. The molecule has 0 bridgehead atoms. The molecule has 0 saturated carbocycles. The van der Waals surface area contributed by atoms with Gasteiger partial charge in [0.25, 0.3) is 0 Å². The maximum absolute atomic E-state index is 12.8. The van der Waals surface area contributed by atoms with Crippen LogP contribution in [0.15, 0.2) is 58.3 Å². The van der Waals surface area contributed by atoms with Crippen molar-refractivity contribution in [3.63, 3.8) is 0 Å². The van der Waals surface area contributed by atoms with Crippen molar-refractivity contribution < 1.29 is 17.6 Å². The van der Waals surface area contributed by atoms with E-state index in [4.69, 9.17) is 5.73 Å². The van der Waals surface area contributed by atoms with Gasteiger partial charge in [-0.1, -0.05) is 0 Å². The van der Waals surface area contributed by atoms with Crippen LogP contribution in [-0.2, 0) is 10.0 Å². The van der Waals surface area contributed by atoms with Crippen molar-refractivity contribution in [2.24, 2.45) is 5.73 Å². The van der Waals surface area contributed by atoms with E-state index in [1.54, 1.807) is 12.1 Å². The maximum atomic E-state index is 12.8. The van der Waals surface area contributed by atoms with Crippen LogP contribution < -0.4 is 10.5 Å². The average molecular weight is 368 g/mol. The fourth-order valence-corrected chi connectivity index (χ4v) is 3.81. The van der Waals surface area contributed by atoms with E-state index in [1.807, 2.05) is 0 Å². The number of benzene rings is 2. The zero-order chi connectivity index (χ0) is 17.6. The summed E-state index contributed by atoms with van der Waals surface area (Å²) >= 11 is 1.53. The van der Waals surface area contributed by atoms with E-state index < -0.39 is 15.9 Å². The van der Waals surface area contributed by atoms with Crippen LogP contribution in [0.5, 0.6) is 0 Å². The summed E-state index contributed by atoms with van der Waals surface area (Å²) in [6.07, 6.45) is 0.626. The highest BCUT2D eigenvalue weighted by Crippen LogP contribution is 2.18. The SMILES string of the molecule is NC(=O)c1ccc(S(=O)(=O)NCCCSc2ccc(F)cc2)cc1. The van der Waals surface area contributed by atoms with Gasteiger partial charge < -0.3 is 5.73 Å². The number of carbonyl (C=O) groups is 1. The Bertz CT molecular complexity index is 791. The lowest BCUT2D eigenvalue weighted by atomic mass is 10.2. The Balaban J connectivity index is 1.80. The molecule has 5 nitrogen and oxygen atoms in total. The number of hydrogen-bond donors (Lipinski definition) is 2. The summed E-state index contributed by atoms with van der Waals surface area (Å²) < 4.78 is 39.5. The van der Waals surface area contributed by atoms with Crippen LogP contribution in [-0.4, -0.2) is 26.6 Å². The van der Waals surface area contributed by atoms with Crippen LogP contribution in [0.1, 0.15) is 16.8 Å². The first-order chi connectivity index (χ1) is 11.4. The molecule has 8 heteroatoms. The Kier molecular flexibility index (Phi) is 6.36. The summed E-state index contributed by atoms with van der Waals surface area (Å²) in [6.45, 7) is 0.286. The van der Waals surface area contributed by atoms with Gasteiger partial charge in [0.15, 0.2) is 0 Å². The third kappa shape index (κ3) is 5.33. The lowest BCUT2D eigenvalue weighted by Crippen LogP contribution is -2.25. The summed E-state index contributed by atoms with van der Waals surface area (Å²) in [5.41, 5.74) is 5.37. The second-order valence-corrected chi connectivity index (χ2v) is 7.88. The zero-order valence-electron chi connectivity index (χ0n) is 12.7. The molecule has 0 aliphatic heterocycles. The van der Waals surface area contributed by atoms with E-state index in [1.165, 1.54) is 48.2 Å². The lowest BCUT2D eigenvalue weighted by molar-refractivity contribution is 0.1000. The number of rotatable bonds is 8.